The molecule has 0 radical (unpaired) electrons. The summed E-state index contributed by atoms with van der Waals surface area (Å²) >= 11 is 0. The summed E-state index contributed by atoms with van der Waals surface area (Å²) in [6, 6.07) is 17.8. The Labute approximate surface area is 187 Å². The highest BCUT2D eigenvalue weighted by Gasteiger charge is 2.26. The molecule has 1 saturated heterocycles. The van der Waals surface area contributed by atoms with Gasteiger partial charge in [0.05, 0.1) is 18.8 Å². The van der Waals surface area contributed by atoms with Crippen LogP contribution in [0.25, 0.3) is 0 Å². The molecule has 4 rings (SSSR count). The van der Waals surface area contributed by atoms with E-state index in [-0.39, 0.29) is 17.8 Å². The average molecular weight is 435 g/mol. The van der Waals surface area contributed by atoms with Gasteiger partial charge in [0.15, 0.2) is 0 Å². The van der Waals surface area contributed by atoms with Crippen LogP contribution in [0.1, 0.15) is 22.0 Å². The van der Waals surface area contributed by atoms with Crippen molar-refractivity contribution in [3.8, 4) is 5.75 Å². The van der Waals surface area contributed by atoms with Gasteiger partial charge in [-0.15, -0.1) is 0 Å². The zero-order valence-electron chi connectivity index (χ0n) is 18.1. The lowest BCUT2D eigenvalue weighted by Crippen LogP contribution is -2.50. The lowest BCUT2D eigenvalue weighted by molar-refractivity contribution is 0.0930. The average Bonchev–Trinajstić information content (AvgIpc) is 2.85. The molecule has 32 heavy (non-hydrogen) atoms. The van der Waals surface area contributed by atoms with Gasteiger partial charge in [-0.05, 0) is 48.0 Å². The van der Waals surface area contributed by atoms with E-state index < -0.39 is 0 Å². The first-order valence-electron chi connectivity index (χ1n) is 10.7. The Morgan fingerprint density at radius 3 is 2.47 bits per heavy atom. The minimum absolute atomic E-state index is 0.0198. The minimum atomic E-state index is -0.198. The number of methoxy groups -OCH3 is 1. The molecule has 0 spiro atoms. The van der Waals surface area contributed by atoms with Crippen LogP contribution in [0, 0.1) is 5.82 Å². The third kappa shape index (κ3) is 5.06. The predicted molar refractivity (Wildman–Crippen MR) is 122 cm³/mol. The molecule has 1 aromatic heterocycles. The van der Waals surface area contributed by atoms with Gasteiger partial charge in [-0.3, -0.25) is 14.7 Å². The van der Waals surface area contributed by atoms with Crippen LogP contribution in [-0.2, 0) is 0 Å². The molecule has 7 heteroatoms. The van der Waals surface area contributed by atoms with Crippen LogP contribution in [0.2, 0.25) is 0 Å². The van der Waals surface area contributed by atoms with E-state index in [1.807, 2.05) is 30.5 Å². The van der Waals surface area contributed by atoms with Crippen LogP contribution >= 0.6 is 0 Å². The second kappa shape index (κ2) is 10.2. The number of carbonyl (C=O) groups excluding carboxylic acids is 1. The topological polar surface area (TPSA) is 57.7 Å². The summed E-state index contributed by atoms with van der Waals surface area (Å²) in [5.74, 6) is 0.380. The lowest BCUT2D eigenvalue weighted by Gasteiger charge is -2.40. The van der Waals surface area contributed by atoms with Crippen molar-refractivity contribution in [1.82, 2.24) is 15.2 Å². The van der Waals surface area contributed by atoms with Crippen molar-refractivity contribution in [2.75, 3.05) is 44.7 Å². The fraction of sp³-hybridized carbons (Fsp3) is 0.280. The molecular formula is C25H27FN4O2. The number of ether oxygens (including phenoxy) is 1. The van der Waals surface area contributed by atoms with Crippen molar-refractivity contribution in [3.63, 3.8) is 0 Å². The molecule has 1 amide bonds. The standard InChI is InChI=1S/C25H27FN4O2/c1-32-21-10-8-19(9-11-21)25(31)28-18-24(20-5-4-12-27-17-20)30-15-13-29(14-16-30)23-7-3-2-6-22(23)26/h2-12,17,24H,13-16,18H2,1H3,(H,28,31)/t24-/m1/s1. The van der Waals surface area contributed by atoms with E-state index in [1.165, 1.54) is 6.07 Å². The summed E-state index contributed by atoms with van der Waals surface area (Å²) < 4.78 is 19.4. The maximum Gasteiger partial charge on any atom is 0.251 e. The first-order valence-corrected chi connectivity index (χ1v) is 10.7. The molecule has 1 aliphatic rings. The summed E-state index contributed by atoms with van der Waals surface area (Å²) in [5.41, 5.74) is 2.26. The summed E-state index contributed by atoms with van der Waals surface area (Å²) in [6.45, 7) is 3.39. The first-order chi connectivity index (χ1) is 15.7. The third-order valence-electron chi connectivity index (χ3n) is 5.83. The Morgan fingerprint density at radius 2 is 1.81 bits per heavy atom. The number of hydrogen-bond donors (Lipinski definition) is 1. The van der Waals surface area contributed by atoms with Crippen molar-refractivity contribution < 1.29 is 13.9 Å². The van der Waals surface area contributed by atoms with Crippen molar-refractivity contribution in [3.05, 3.63) is 90.0 Å². The van der Waals surface area contributed by atoms with E-state index in [0.717, 1.165) is 18.7 Å². The second-order valence-corrected chi connectivity index (χ2v) is 7.72. The zero-order chi connectivity index (χ0) is 22.3. The normalized spacial score (nSPS) is 15.2. The number of aromatic nitrogens is 1. The Kier molecular flexibility index (Phi) is 6.97. The van der Waals surface area contributed by atoms with Gasteiger partial charge < -0.3 is 15.0 Å². The van der Waals surface area contributed by atoms with E-state index in [0.29, 0.717) is 36.6 Å². The number of carbonyl (C=O) groups is 1. The van der Waals surface area contributed by atoms with Crippen molar-refractivity contribution in [2.24, 2.45) is 0 Å². The fourth-order valence-corrected chi connectivity index (χ4v) is 4.05. The lowest BCUT2D eigenvalue weighted by atomic mass is 10.1. The Morgan fingerprint density at radius 1 is 1.06 bits per heavy atom. The van der Waals surface area contributed by atoms with Gasteiger partial charge in [0.2, 0.25) is 0 Å². The molecule has 2 aromatic carbocycles. The molecule has 0 bridgehead atoms. The quantitative estimate of drug-likeness (QED) is 0.617. The van der Waals surface area contributed by atoms with Crippen molar-refractivity contribution in [2.45, 2.75) is 6.04 Å². The molecule has 0 aliphatic carbocycles. The molecule has 3 aromatic rings. The number of piperazine rings is 1. The number of hydrogen-bond acceptors (Lipinski definition) is 5. The van der Waals surface area contributed by atoms with Gasteiger partial charge in [-0.25, -0.2) is 4.39 Å². The maximum atomic E-state index is 14.2. The van der Waals surface area contributed by atoms with Crippen molar-refractivity contribution >= 4 is 11.6 Å². The van der Waals surface area contributed by atoms with Gasteiger partial charge in [-0.1, -0.05) is 18.2 Å². The van der Waals surface area contributed by atoms with E-state index in [9.17, 15) is 9.18 Å². The number of pyridine rings is 1. The van der Waals surface area contributed by atoms with Gasteiger partial charge >= 0.3 is 0 Å². The monoisotopic (exact) mass is 434 g/mol. The fourth-order valence-electron chi connectivity index (χ4n) is 4.05. The summed E-state index contributed by atoms with van der Waals surface area (Å²) in [5, 5.41) is 3.06. The molecule has 0 saturated carbocycles. The largest absolute Gasteiger partial charge is 0.497 e. The van der Waals surface area contributed by atoms with Crippen LogP contribution in [0.4, 0.5) is 10.1 Å². The van der Waals surface area contributed by atoms with Crippen LogP contribution in [0.15, 0.2) is 73.1 Å². The number of para-hydroxylation sites is 1. The highest BCUT2D eigenvalue weighted by atomic mass is 19.1. The molecular weight excluding hydrogens is 407 g/mol. The number of amides is 1. The van der Waals surface area contributed by atoms with Gasteiger partial charge in [0.1, 0.15) is 11.6 Å². The van der Waals surface area contributed by atoms with Crippen LogP contribution in [0.3, 0.4) is 0 Å². The van der Waals surface area contributed by atoms with E-state index in [2.05, 4.69) is 20.1 Å². The molecule has 2 heterocycles. The number of nitrogens with zero attached hydrogens (tertiary/aromatic N) is 3. The van der Waals surface area contributed by atoms with Crippen LogP contribution < -0.4 is 15.0 Å². The van der Waals surface area contributed by atoms with Gasteiger partial charge in [0, 0.05) is 50.7 Å². The Bertz CT molecular complexity index is 1020. The number of halogens is 1. The number of anilines is 1. The van der Waals surface area contributed by atoms with E-state index in [1.54, 1.807) is 43.6 Å². The highest BCUT2D eigenvalue weighted by molar-refractivity contribution is 5.94. The molecule has 1 N–H and O–H groups in total. The van der Waals surface area contributed by atoms with E-state index in [4.69, 9.17) is 4.74 Å². The number of nitrogens with one attached hydrogen (secondary N) is 1. The molecule has 166 valence electrons. The van der Waals surface area contributed by atoms with Crippen LogP contribution in [0.5, 0.6) is 5.75 Å². The molecule has 1 atom stereocenters. The Hall–Kier alpha value is -3.45. The van der Waals surface area contributed by atoms with Crippen molar-refractivity contribution in [1.29, 1.82) is 0 Å². The third-order valence-corrected chi connectivity index (χ3v) is 5.83. The summed E-state index contributed by atoms with van der Waals surface area (Å²) in [4.78, 5) is 21.4. The molecule has 1 aliphatic heterocycles. The summed E-state index contributed by atoms with van der Waals surface area (Å²) in [6.07, 6.45) is 3.58. The maximum absolute atomic E-state index is 14.2. The minimum Gasteiger partial charge on any atom is -0.497 e. The van der Waals surface area contributed by atoms with Crippen LogP contribution in [-0.4, -0.2) is 55.6 Å². The smallest absolute Gasteiger partial charge is 0.251 e. The second-order valence-electron chi connectivity index (χ2n) is 7.72. The number of rotatable bonds is 7. The highest BCUT2D eigenvalue weighted by Crippen LogP contribution is 2.25. The first kappa shape index (κ1) is 21.8. The number of benzene rings is 2. The SMILES string of the molecule is COc1ccc(C(=O)NC[C@H](c2cccnc2)N2CCN(c3ccccc3F)CC2)cc1. The summed E-state index contributed by atoms with van der Waals surface area (Å²) in [7, 11) is 1.60. The zero-order valence-corrected chi connectivity index (χ0v) is 18.1. The Balaban J connectivity index is 1.43. The van der Waals surface area contributed by atoms with E-state index >= 15 is 0 Å². The predicted octanol–water partition coefficient (Wildman–Crippen LogP) is 3.52. The molecule has 0 unspecified atom stereocenters. The van der Waals surface area contributed by atoms with Gasteiger partial charge in [-0.2, -0.15) is 0 Å². The molecule has 1 fully saturated rings. The van der Waals surface area contributed by atoms with Gasteiger partial charge in [0.25, 0.3) is 5.91 Å². The molecule has 6 nitrogen and oxygen atoms in total.